The molecule has 2 aromatic carbocycles. The molecule has 1 saturated carbocycles. The average Bonchev–Trinajstić information content (AvgIpc) is 3.28. The Bertz CT molecular complexity index is 2580. The van der Waals surface area contributed by atoms with Crippen molar-refractivity contribution in [1.82, 2.24) is 30.5 Å². The first-order valence-corrected chi connectivity index (χ1v) is 22.3. The van der Waals surface area contributed by atoms with Gasteiger partial charge in [0.2, 0.25) is 5.91 Å². The van der Waals surface area contributed by atoms with Crippen LogP contribution in [0, 0.1) is 22.2 Å². The van der Waals surface area contributed by atoms with E-state index in [0.29, 0.717) is 59.1 Å². The van der Waals surface area contributed by atoms with Gasteiger partial charge in [0.15, 0.2) is 0 Å². The highest BCUT2D eigenvalue weighted by molar-refractivity contribution is 6.31. The zero-order chi connectivity index (χ0) is 45.6. The zero-order valence-corrected chi connectivity index (χ0v) is 37.8. The lowest BCUT2D eigenvalue weighted by molar-refractivity contribution is -0.164. The lowest BCUT2D eigenvalue weighted by atomic mass is 9.49. The van der Waals surface area contributed by atoms with Gasteiger partial charge in [0, 0.05) is 91.6 Å². The number of carbonyl (C=O) groups is 3. The smallest absolute Gasteiger partial charge is 0.269 e. The van der Waals surface area contributed by atoms with Crippen LogP contribution in [0.15, 0.2) is 83.9 Å². The lowest BCUT2D eigenvalue weighted by Gasteiger charge is -2.63. The molecule has 0 bridgehead atoms. The maximum absolute atomic E-state index is 13.3. The molecule has 15 heteroatoms. The lowest BCUT2D eigenvalue weighted by Crippen LogP contribution is -2.74. The number of hydrogen-bond acceptors (Lipinski definition) is 10. The van der Waals surface area contributed by atoms with Crippen molar-refractivity contribution in [2.24, 2.45) is 10.8 Å². The van der Waals surface area contributed by atoms with Crippen molar-refractivity contribution in [3.8, 4) is 11.8 Å². The fourth-order valence-electron chi connectivity index (χ4n) is 9.26. The van der Waals surface area contributed by atoms with E-state index in [9.17, 15) is 24.4 Å². The predicted octanol–water partition coefficient (Wildman–Crippen LogP) is 7.27. The van der Waals surface area contributed by atoms with Crippen molar-refractivity contribution in [3.63, 3.8) is 0 Å². The quantitative estimate of drug-likeness (QED) is 0.0735. The molecule has 0 atom stereocenters. The number of anilines is 2. The van der Waals surface area contributed by atoms with Gasteiger partial charge in [0.1, 0.15) is 23.6 Å². The largest absolute Gasteiger partial charge is 0.489 e. The number of piperazine rings is 1. The number of nitrogens with zero attached hydrogens (tertiary/aromatic N) is 5. The number of unbranched alkanes of at least 4 members (excludes halogenated alkanes) is 2. The fourth-order valence-corrected chi connectivity index (χ4v) is 9.48. The molecule has 0 radical (unpaired) electrons. The van der Waals surface area contributed by atoms with Gasteiger partial charge >= 0.3 is 0 Å². The second-order valence-electron chi connectivity index (χ2n) is 17.9. The first kappa shape index (κ1) is 45.7. The fraction of sp³-hybridized carbons (Fsp3) is 0.408. The Labute approximate surface area is 378 Å². The number of hydrogen-bond donors (Lipinski definition) is 4. The Morgan fingerprint density at radius 3 is 2.33 bits per heavy atom. The molecule has 3 aromatic heterocycles. The van der Waals surface area contributed by atoms with E-state index in [-0.39, 0.29) is 35.4 Å². The molecule has 5 aromatic rings. The highest BCUT2D eigenvalue weighted by atomic mass is 35.5. The minimum absolute atomic E-state index is 0.0587. The Morgan fingerprint density at radius 2 is 1.66 bits per heavy atom. The van der Waals surface area contributed by atoms with Crippen LogP contribution in [0.2, 0.25) is 5.02 Å². The number of benzene rings is 2. The van der Waals surface area contributed by atoms with Crippen LogP contribution in [0.1, 0.15) is 97.8 Å². The second-order valence-corrected chi connectivity index (χ2v) is 18.3. The summed E-state index contributed by atoms with van der Waals surface area (Å²) in [5.74, 6) is 0.00543. The van der Waals surface area contributed by atoms with Crippen molar-refractivity contribution in [2.45, 2.75) is 85.4 Å². The summed E-state index contributed by atoms with van der Waals surface area (Å²) in [6, 6.07) is 21.3. The van der Waals surface area contributed by atoms with Crippen LogP contribution < -0.4 is 31.1 Å². The van der Waals surface area contributed by atoms with Crippen LogP contribution in [-0.2, 0) is 17.8 Å². The van der Waals surface area contributed by atoms with Gasteiger partial charge in [-0.25, -0.2) is 4.98 Å². The summed E-state index contributed by atoms with van der Waals surface area (Å²) >= 11 is 6.23. The number of carbonyl (C=O) groups excluding carboxylic acids is 3. The van der Waals surface area contributed by atoms with Crippen LogP contribution in [-0.4, -0.2) is 82.4 Å². The van der Waals surface area contributed by atoms with E-state index < -0.39 is 10.8 Å². The SMILES string of the molecule is CCc1cc2ncc(CN3CCN(c4ccc(C(=O)NCCCCCC(=O)Nc5ccc(C(=O)NC6C(C)(C)C(Oc7ccc(C#N)c(Cl)c7)C6(C)C)cc5)nc4)CC3)cc2[nH]c1=O. The average molecular weight is 886 g/mol. The second kappa shape index (κ2) is 19.6. The van der Waals surface area contributed by atoms with Crippen LogP contribution in [0.3, 0.4) is 0 Å². The number of H-pyrrole nitrogens is 1. The molecule has 2 fully saturated rings. The summed E-state index contributed by atoms with van der Waals surface area (Å²) in [5, 5.41) is 18.6. The summed E-state index contributed by atoms with van der Waals surface area (Å²) in [7, 11) is 0. The monoisotopic (exact) mass is 885 g/mol. The van der Waals surface area contributed by atoms with Crippen molar-refractivity contribution >= 4 is 51.7 Å². The van der Waals surface area contributed by atoms with Gasteiger partial charge in [-0.2, -0.15) is 5.26 Å². The van der Waals surface area contributed by atoms with Crippen molar-refractivity contribution in [1.29, 1.82) is 5.26 Å². The van der Waals surface area contributed by atoms with Gasteiger partial charge in [0.25, 0.3) is 17.4 Å². The zero-order valence-electron chi connectivity index (χ0n) is 37.1. The number of pyridine rings is 3. The normalized spacial score (nSPS) is 17.8. The number of aromatic amines is 1. The molecule has 4 heterocycles. The van der Waals surface area contributed by atoms with Gasteiger partial charge in [-0.3, -0.25) is 29.1 Å². The molecule has 3 amide bonds. The third kappa shape index (κ3) is 10.4. The van der Waals surface area contributed by atoms with E-state index in [1.807, 2.05) is 31.3 Å². The molecule has 0 unspecified atom stereocenters. The summed E-state index contributed by atoms with van der Waals surface area (Å²) < 4.78 is 6.34. The standard InChI is InChI=1S/C49H56ClN9O5/c1-6-32-25-40-41(56-43(32)61)24-31(28-53-40)30-58-20-22-59(23-21-58)36-16-18-39(54-29-36)45(63)52-19-9-7-8-10-42(60)55-35-14-11-33(12-15-35)44(62)57-46-48(2,3)47(49(46,4)5)64-37-17-13-34(27-51)38(50)26-37/h11-18,24-26,28-29,46-47H,6-10,19-23,30H2,1-5H3,(H,52,63)(H,55,60)(H,56,61)(H,57,62). The molecule has 7 rings (SSSR count). The number of nitrogens with one attached hydrogen (secondary N) is 4. The molecule has 334 valence electrons. The number of aromatic nitrogens is 3. The van der Waals surface area contributed by atoms with E-state index in [2.05, 4.69) is 74.5 Å². The minimum atomic E-state index is -0.396. The highest BCUT2D eigenvalue weighted by Crippen LogP contribution is 2.55. The molecule has 4 N–H and O–H groups in total. The molecule has 2 aliphatic rings. The van der Waals surface area contributed by atoms with Gasteiger partial charge in [-0.05, 0) is 85.5 Å². The molecular formula is C49H56ClN9O5. The van der Waals surface area contributed by atoms with Gasteiger partial charge in [-0.1, -0.05) is 52.6 Å². The van der Waals surface area contributed by atoms with E-state index >= 15 is 0 Å². The molecule has 1 aliphatic carbocycles. The third-order valence-electron chi connectivity index (χ3n) is 12.6. The van der Waals surface area contributed by atoms with E-state index in [1.165, 1.54) is 0 Å². The number of halogens is 1. The molecule has 0 spiro atoms. The van der Waals surface area contributed by atoms with Crippen LogP contribution in [0.4, 0.5) is 11.4 Å². The first-order chi connectivity index (χ1) is 30.7. The number of amides is 3. The number of ether oxygens (including phenoxy) is 1. The van der Waals surface area contributed by atoms with E-state index in [0.717, 1.165) is 73.4 Å². The Morgan fingerprint density at radius 1 is 0.906 bits per heavy atom. The number of aryl methyl sites for hydroxylation is 1. The Kier molecular flexibility index (Phi) is 14.0. The van der Waals surface area contributed by atoms with Crippen LogP contribution in [0.25, 0.3) is 11.0 Å². The Balaban J connectivity index is 0.769. The number of rotatable bonds is 16. The highest BCUT2D eigenvalue weighted by Gasteiger charge is 2.64. The summed E-state index contributed by atoms with van der Waals surface area (Å²) in [6.45, 7) is 14.8. The van der Waals surface area contributed by atoms with Crippen molar-refractivity contribution in [3.05, 3.63) is 122 Å². The first-order valence-electron chi connectivity index (χ1n) is 22.0. The summed E-state index contributed by atoms with van der Waals surface area (Å²) in [4.78, 5) is 67.7. The maximum Gasteiger partial charge on any atom is 0.269 e. The van der Waals surface area contributed by atoms with Crippen LogP contribution in [0.5, 0.6) is 5.75 Å². The molecule has 1 saturated heterocycles. The van der Waals surface area contributed by atoms with E-state index in [1.54, 1.807) is 54.7 Å². The topological polar surface area (TPSA) is 185 Å². The summed E-state index contributed by atoms with van der Waals surface area (Å²) in [5.41, 5.74) is 5.30. The number of nitriles is 1. The van der Waals surface area contributed by atoms with Gasteiger partial charge in [0.05, 0.1) is 33.5 Å². The predicted molar refractivity (Wildman–Crippen MR) is 249 cm³/mol. The third-order valence-corrected chi connectivity index (χ3v) is 12.9. The molecule has 1 aliphatic heterocycles. The molecule has 14 nitrogen and oxygen atoms in total. The molecular weight excluding hydrogens is 830 g/mol. The summed E-state index contributed by atoms with van der Waals surface area (Å²) in [6.07, 6.45) is 6.58. The molecule has 64 heavy (non-hydrogen) atoms. The van der Waals surface area contributed by atoms with Crippen molar-refractivity contribution in [2.75, 3.05) is 42.9 Å². The van der Waals surface area contributed by atoms with Gasteiger partial charge in [-0.15, -0.1) is 0 Å². The van der Waals surface area contributed by atoms with E-state index in [4.69, 9.17) is 16.3 Å². The van der Waals surface area contributed by atoms with Crippen LogP contribution >= 0.6 is 11.6 Å². The number of fused-ring (bicyclic) bond motifs is 1. The maximum atomic E-state index is 13.3. The Hall–Kier alpha value is -6.30. The van der Waals surface area contributed by atoms with Crippen molar-refractivity contribution < 1.29 is 19.1 Å². The van der Waals surface area contributed by atoms with Gasteiger partial charge < -0.3 is 30.6 Å². The minimum Gasteiger partial charge on any atom is -0.489 e.